The second-order valence-corrected chi connectivity index (χ2v) is 14.8. The third-order valence-electron chi connectivity index (χ3n) is 2.12. The zero-order valence-corrected chi connectivity index (χ0v) is 12.5. The number of halogens is 1. The van der Waals surface area contributed by atoms with Crippen molar-refractivity contribution in [2.75, 3.05) is 0 Å². The Labute approximate surface area is 102 Å². The van der Waals surface area contributed by atoms with Crippen LogP contribution in [0.15, 0.2) is 12.7 Å². The molecule has 1 atom stereocenters. The zero-order chi connectivity index (χ0) is 11.9. The van der Waals surface area contributed by atoms with Crippen molar-refractivity contribution in [1.82, 2.24) is 0 Å². The number of carbonyl (C=O) groups is 1. The maximum atomic E-state index is 10.9. The molecule has 0 aliphatic carbocycles. The van der Waals surface area contributed by atoms with Crippen LogP contribution in [0.3, 0.4) is 0 Å². The van der Waals surface area contributed by atoms with E-state index in [-0.39, 0.29) is 12.1 Å². The molecule has 0 spiro atoms. The third kappa shape index (κ3) is 10.2. The minimum absolute atomic E-state index is 0.00982. The van der Waals surface area contributed by atoms with Crippen molar-refractivity contribution < 1.29 is 9.53 Å². The number of ether oxygens (including phenoxy) is 1. The Kier molecular flexibility index (Phi) is 7.18. The van der Waals surface area contributed by atoms with Gasteiger partial charge in [-0.1, -0.05) is 32.5 Å². The summed E-state index contributed by atoms with van der Waals surface area (Å²) in [5, 5.41) is 0. The van der Waals surface area contributed by atoms with Gasteiger partial charge in [-0.25, -0.2) is 4.79 Å². The Hall–Kier alpha value is -0.0931. The maximum Gasteiger partial charge on any atom is 0.330 e. The summed E-state index contributed by atoms with van der Waals surface area (Å²) in [4.78, 5) is 10.9. The van der Waals surface area contributed by atoms with E-state index in [1.54, 1.807) is 0 Å². The van der Waals surface area contributed by atoms with Crippen molar-refractivity contribution in [1.29, 1.82) is 0 Å². The fraction of sp³-hybridized carbons (Fsp3) is 0.727. The molecule has 0 saturated heterocycles. The quantitative estimate of drug-likeness (QED) is 0.234. The molecule has 0 aliphatic rings. The molecule has 0 rings (SSSR count). The smallest absolute Gasteiger partial charge is 0.330 e. The Bertz CT molecular complexity index is 211. The summed E-state index contributed by atoms with van der Waals surface area (Å²) in [7, 11) is 0. The molecule has 0 N–H and O–H groups in total. The van der Waals surface area contributed by atoms with E-state index in [1.807, 2.05) is 6.92 Å². The SMILES string of the molecule is C=CC(=O)OC(C)CCCC[Si](C)(C)Br. The molecule has 0 aromatic rings. The average Bonchev–Trinajstić information content (AvgIpc) is 2.11. The molecule has 4 heteroatoms. The van der Waals surface area contributed by atoms with Crippen LogP contribution in [0.25, 0.3) is 0 Å². The molecular formula is C11H21BrO2Si. The first kappa shape index (κ1) is 14.9. The second-order valence-electron chi connectivity index (χ2n) is 4.42. The van der Waals surface area contributed by atoms with E-state index in [2.05, 4.69) is 35.0 Å². The largest absolute Gasteiger partial charge is 0.460 e. The van der Waals surface area contributed by atoms with Crippen molar-refractivity contribution in [3.8, 4) is 0 Å². The maximum absolute atomic E-state index is 10.9. The standard InChI is InChI=1S/C11H21BrO2Si/c1-5-11(13)14-10(2)8-6-7-9-15(3,4)12/h5,10H,1,6-9H2,2-4H3. The van der Waals surface area contributed by atoms with Crippen LogP contribution < -0.4 is 0 Å². The zero-order valence-electron chi connectivity index (χ0n) is 9.88. The van der Waals surface area contributed by atoms with E-state index in [9.17, 15) is 4.79 Å². The van der Waals surface area contributed by atoms with Crippen LogP contribution in [0, 0.1) is 0 Å². The van der Waals surface area contributed by atoms with Gasteiger partial charge < -0.3 is 4.74 Å². The summed E-state index contributed by atoms with van der Waals surface area (Å²) in [5.74, 6) is -0.322. The van der Waals surface area contributed by atoms with Crippen LogP contribution in [0.5, 0.6) is 0 Å². The molecule has 0 bridgehead atoms. The monoisotopic (exact) mass is 292 g/mol. The Morgan fingerprint density at radius 1 is 1.53 bits per heavy atom. The molecule has 0 aromatic heterocycles. The van der Waals surface area contributed by atoms with Gasteiger partial charge in [-0.15, -0.1) is 15.3 Å². The van der Waals surface area contributed by atoms with Crippen LogP contribution in [-0.2, 0) is 9.53 Å². The summed E-state index contributed by atoms with van der Waals surface area (Å²) in [6.45, 7) is 8.82. The van der Waals surface area contributed by atoms with E-state index < -0.39 is 6.69 Å². The Balaban J connectivity index is 3.51. The topological polar surface area (TPSA) is 26.3 Å². The van der Waals surface area contributed by atoms with Gasteiger partial charge >= 0.3 is 5.97 Å². The molecule has 0 aliphatic heterocycles. The number of hydrogen-bond donors (Lipinski definition) is 0. The van der Waals surface area contributed by atoms with E-state index in [0.717, 1.165) is 12.8 Å². The predicted molar refractivity (Wildman–Crippen MR) is 70.8 cm³/mol. The van der Waals surface area contributed by atoms with Gasteiger partial charge in [0.1, 0.15) is 6.69 Å². The van der Waals surface area contributed by atoms with Crippen LogP contribution in [-0.4, -0.2) is 18.8 Å². The molecule has 88 valence electrons. The highest BCUT2D eigenvalue weighted by molar-refractivity contribution is 9.26. The van der Waals surface area contributed by atoms with Crippen LogP contribution in [0.2, 0.25) is 19.1 Å². The number of carbonyl (C=O) groups excluding carboxylic acids is 1. The molecule has 0 fully saturated rings. The highest BCUT2D eigenvalue weighted by atomic mass is 79.9. The third-order valence-corrected chi connectivity index (χ3v) is 4.85. The lowest BCUT2D eigenvalue weighted by Gasteiger charge is -2.14. The summed E-state index contributed by atoms with van der Waals surface area (Å²) in [6, 6.07) is 1.27. The molecule has 1 unspecified atom stereocenters. The molecule has 15 heavy (non-hydrogen) atoms. The Morgan fingerprint density at radius 2 is 2.13 bits per heavy atom. The normalized spacial score (nSPS) is 13.3. The molecule has 0 aromatic carbocycles. The summed E-state index contributed by atoms with van der Waals surface area (Å²) in [5.41, 5.74) is 0. The van der Waals surface area contributed by atoms with Crippen LogP contribution in [0.4, 0.5) is 0 Å². The van der Waals surface area contributed by atoms with Crippen molar-refractivity contribution >= 4 is 28.0 Å². The van der Waals surface area contributed by atoms with Crippen LogP contribution in [0.1, 0.15) is 26.2 Å². The lowest BCUT2D eigenvalue weighted by molar-refractivity contribution is -0.142. The molecule has 0 radical (unpaired) electrons. The Morgan fingerprint density at radius 3 is 2.60 bits per heavy atom. The van der Waals surface area contributed by atoms with Gasteiger partial charge in [-0.05, 0) is 19.4 Å². The van der Waals surface area contributed by atoms with E-state index in [0.29, 0.717) is 0 Å². The lowest BCUT2D eigenvalue weighted by Crippen LogP contribution is -2.16. The number of esters is 1. The molecule has 0 amide bonds. The molecular weight excluding hydrogens is 272 g/mol. The fourth-order valence-corrected chi connectivity index (χ4v) is 3.21. The van der Waals surface area contributed by atoms with Gasteiger partial charge in [0, 0.05) is 6.08 Å². The summed E-state index contributed by atoms with van der Waals surface area (Å²) >= 11 is 3.74. The van der Waals surface area contributed by atoms with E-state index in [4.69, 9.17) is 4.74 Å². The van der Waals surface area contributed by atoms with Gasteiger partial charge in [0.15, 0.2) is 0 Å². The molecule has 0 heterocycles. The lowest BCUT2D eigenvalue weighted by atomic mass is 10.2. The van der Waals surface area contributed by atoms with Gasteiger partial charge in [0.05, 0.1) is 6.10 Å². The molecule has 2 nitrogen and oxygen atoms in total. The average molecular weight is 293 g/mol. The van der Waals surface area contributed by atoms with Crippen molar-refractivity contribution in [3.05, 3.63) is 12.7 Å². The summed E-state index contributed by atoms with van der Waals surface area (Å²) in [6.07, 6.45) is 4.49. The first-order valence-electron chi connectivity index (χ1n) is 5.37. The van der Waals surface area contributed by atoms with E-state index in [1.165, 1.54) is 18.5 Å². The van der Waals surface area contributed by atoms with Gasteiger partial charge in [-0.3, -0.25) is 0 Å². The number of unbranched alkanes of at least 4 members (excludes halogenated alkanes) is 1. The summed E-state index contributed by atoms with van der Waals surface area (Å²) < 4.78 is 5.07. The fourth-order valence-electron chi connectivity index (χ4n) is 1.28. The minimum Gasteiger partial charge on any atom is -0.460 e. The van der Waals surface area contributed by atoms with Crippen molar-refractivity contribution in [3.63, 3.8) is 0 Å². The first-order chi connectivity index (χ1) is 6.85. The van der Waals surface area contributed by atoms with Crippen molar-refractivity contribution in [2.24, 2.45) is 0 Å². The molecule has 0 saturated carbocycles. The minimum atomic E-state index is -1.08. The van der Waals surface area contributed by atoms with Gasteiger partial charge in [-0.2, -0.15) is 0 Å². The van der Waals surface area contributed by atoms with E-state index >= 15 is 0 Å². The van der Waals surface area contributed by atoms with Gasteiger partial charge in [0.25, 0.3) is 0 Å². The highest BCUT2D eigenvalue weighted by Crippen LogP contribution is 2.21. The highest BCUT2D eigenvalue weighted by Gasteiger charge is 2.15. The van der Waals surface area contributed by atoms with Crippen molar-refractivity contribution in [2.45, 2.75) is 51.4 Å². The number of rotatable bonds is 7. The number of hydrogen-bond acceptors (Lipinski definition) is 2. The van der Waals surface area contributed by atoms with Gasteiger partial charge in [0.2, 0.25) is 0 Å². The second kappa shape index (κ2) is 7.22. The predicted octanol–water partition coefficient (Wildman–Crippen LogP) is 3.87. The van der Waals surface area contributed by atoms with Crippen LogP contribution >= 0.6 is 15.3 Å². The first-order valence-corrected chi connectivity index (χ1v) is 10.8.